The molecule has 0 aliphatic rings. The van der Waals surface area contributed by atoms with Crippen molar-refractivity contribution >= 4 is 11.5 Å². The van der Waals surface area contributed by atoms with Crippen LogP contribution >= 0.6 is 0 Å². The Hall–Kier alpha value is -1.63. The highest BCUT2D eigenvalue weighted by Gasteiger charge is 2.24. The summed E-state index contributed by atoms with van der Waals surface area (Å²) in [4.78, 5) is 10.2. The first-order valence-electron chi connectivity index (χ1n) is 4.97. The molecule has 0 aliphatic heterocycles. The van der Waals surface area contributed by atoms with E-state index in [1.165, 1.54) is 4.68 Å². The van der Waals surface area contributed by atoms with Crippen LogP contribution in [0, 0.1) is 17.0 Å². The molecule has 1 rings (SSSR count). The summed E-state index contributed by atoms with van der Waals surface area (Å²) in [6, 6.07) is -0.0210. The van der Waals surface area contributed by atoms with Crippen molar-refractivity contribution in [2.75, 3.05) is 19.5 Å². The lowest BCUT2D eigenvalue weighted by molar-refractivity contribution is -0.384. The van der Waals surface area contributed by atoms with Crippen LogP contribution in [0.5, 0.6) is 0 Å². The molecule has 7 heteroatoms. The van der Waals surface area contributed by atoms with Gasteiger partial charge in [0.05, 0.1) is 11.0 Å². The van der Waals surface area contributed by atoms with Crippen LogP contribution in [-0.2, 0) is 4.74 Å². The average Bonchev–Trinajstić information content (AvgIpc) is 2.50. The predicted octanol–water partition coefficient (Wildman–Crippen LogP) is 1.28. The molecule has 0 saturated heterocycles. The minimum absolute atomic E-state index is 0.0210. The van der Waals surface area contributed by atoms with Crippen LogP contribution in [0.3, 0.4) is 0 Å². The van der Waals surface area contributed by atoms with Crippen molar-refractivity contribution in [2.24, 2.45) is 0 Å². The van der Waals surface area contributed by atoms with Crippen LogP contribution < -0.4 is 5.73 Å². The molecule has 0 radical (unpaired) electrons. The summed E-state index contributed by atoms with van der Waals surface area (Å²) >= 11 is 0. The van der Waals surface area contributed by atoms with Gasteiger partial charge in [-0.2, -0.15) is 5.10 Å². The Kier molecular flexibility index (Phi) is 3.83. The third-order valence-electron chi connectivity index (χ3n) is 2.43. The van der Waals surface area contributed by atoms with Gasteiger partial charge in [-0.25, -0.2) is 4.68 Å². The molecule has 1 heterocycles. The van der Waals surface area contributed by atoms with Gasteiger partial charge < -0.3 is 10.5 Å². The molecule has 1 unspecified atom stereocenters. The number of anilines is 1. The SMILES string of the molecule is COCCC(C)n1nc(C)c([N+](=O)[O-])c1N. The summed E-state index contributed by atoms with van der Waals surface area (Å²) in [6.45, 7) is 4.03. The third kappa shape index (κ3) is 2.30. The lowest BCUT2D eigenvalue weighted by atomic mass is 10.2. The van der Waals surface area contributed by atoms with Crippen molar-refractivity contribution in [1.82, 2.24) is 9.78 Å². The molecule has 2 N–H and O–H groups in total. The highest BCUT2D eigenvalue weighted by atomic mass is 16.6. The van der Waals surface area contributed by atoms with Crippen LogP contribution in [-0.4, -0.2) is 28.4 Å². The lowest BCUT2D eigenvalue weighted by Gasteiger charge is -2.12. The van der Waals surface area contributed by atoms with Crippen LogP contribution in [0.4, 0.5) is 11.5 Å². The summed E-state index contributed by atoms with van der Waals surface area (Å²) in [6.07, 6.45) is 0.707. The molecule has 0 fully saturated rings. The number of aryl methyl sites for hydroxylation is 1. The van der Waals surface area contributed by atoms with E-state index in [4.69, 9.17) is 10.5 Å². The molecule has 16 heavy (non-hydrogen) atoms. The molecule has 1 aromatic heterocycles. The zero-order valence-corrected chi connectivity index (χ0v) is 9.64. The summed E-state index contributed by atoms with van der Waals surface area (Å²) in [5, 5.41) is 14.8. The number of methoxy groups -OCH3 is 1. The molecule has 7 nitrogen and oxygen atoms in total. The van der Waals surface area contributed by atoms with Crippen molar-refractivity contribution in [3.8, 4) is 0 Å². The fourth-order valence-corrected chi connectivity index (χ4v) is 1.53. The van der Waals surface area contributed by atoms with Gasteiger partial charge in [0.15, 0.2) is 0 Å². The number of ether oxygens (including phenoxy) is 1. The number of hydrogen-bond donors (Lipinski definition) is 1. The molecule has 0 aromatic carbocycles. The molecule has 0 spiro atoms. The van der Waals surface area contributed by atoms with Crippen LogP contribution in [0.1, 0.15) is 25.1 Å². The Balaban J connectivity index is 2.98. The van der Waals surface area contributed by atoms with Crippen LogP contribution in [0.15, 0.2) is 0 Å². The Morgan fingerprint density at radius 1 is 1.69 bits per heavy atom. The number of hydrogen-bond acceptors (Lipinski definition) is 5. The van der Waals surface area contributed by atoms with Gasteiger partial charge in [0.25, 0.3) is 0 Å². The third-order valence-corrected chi connectivity index (χ3v) is 2.43. The first-order chi connectivity index (χ1) is 7.49. The zero-order valence-electron chi connectivity index (χ0n) is 9.64. The highest BCUT2D eigenvalue weighted by molar-refractivity contribution is 5.56. The fraction of sp³-hybridized carbons (Fsp3) is 0.667. The number of rotatable bonds is 5. The van der Waals surface area contributed by atoms with Crippen LogP contribution in [0.25, 0.3) is 0 Å². The Bertz CT molecular complexity index is 388. The molecule has 1 atom stereocenters. The van der Waals surface area contributed by atoms with Crippen LogP contribution in [0.2, 0.25) is 0 Å². The number of nitrogens with two attached hydrogens (primary N) is 1. The Labute approximate surface area is 93.3 Å². The van der Waals surface area contributed by atoms with Gasteiger partial charge in [0.1, 0.15) is 5.69 Å². The molecule has 0 amide bonds. The van der Waals surface area contributed by atoms with E-state index in [-0.39, 0.29) is 17.5 Å². The maximum Gasteiger partial charge on any atom is 0.333 e. The first-order valence-corrected chi connectivity index (χ1v) is 4.97. The van der Waals surface area contributed by atoms with Gasteiger partial charge in [-0.3, -0.25) is 10.1 Å². The van der Waals surface area contributed by atoms with E-state index in [2.05, 4.69) is 5.10 Å². The lowest BCUT2D eigenvalue weighted by Crippen LogP contribution is -2.12. The predicted molar refractivity (Wildman–Crippen MR) is 59.2 cm³/mol. The molecule has 90 valence electrons. The summed E-state index contributed by atoms with van der Waals surface area (Å²) in [7, 11) is 1.60. The Morgan fingerprint density at radius 3 is 2.75 bits per heavy atom. The van der Waals surface area contributed by atoms with E-state index in [1.807, 2.05) is 6.92 Å². The van der Waals surface area contributed by atoms with E-state index < -0.39 is 4.92 Å². The molecule has 0 aliphatic carbocycles. The van der Waals surface area contributed by atoms with Crippen molar-refractivity contribution < 1.29 is 9.66 Å². The summed E-state index contributed by atoms with van der Waals surface area (Å²) in [5.74, 6) is 0.103. The van der Waals surface area contributed by atoms with Gasteiger partial charge in [-0.05, 0) is 20.3 Å². The number of nitro groups is 1. The standard InChI is InChI=1S/C9H16N4O3/c1-6(4-5-16-3)12-9(10)8(13(14)15)7(2)11-12/h6H,4-5,10H2,1-3H3. The molecular weight excluding hydrogens is 212 g/mol. The fourth-order valence-electron chi connectivity index (χ4n) is 1.53. The monoisotopic (exact) mass is 228 g/mol. The number of aromatic nitrogens is 2. The largest absolute Gasteiger partial charge is 0.385 e. The number of nitrogens with zero attached hydrogens (tertiary/aromatic N) is 3. The van der Waals surface area contributed by atoms with Crippen molar-refractivity contribution in [3.63, 3.8) is 0 Å². The highest BCUT2D eigenvalue weighted by Crippen LogP contribution is 2.28. The normalized spacial score (nSPS) is 12.7. The maximum absolute atomic E-state index is 10.7. The first kappa shape index (κ1) is 12.4. The zero-order chi connectivity index (χ0) is 12.3. The van der Waals surface area contributed by atoms with E-state index in [0.29, 0.717) is 18.7 Å². The van der Waals surface area contributed by atoms with E-state index in [9.17, 15) is 10.1 Å². The average molecular weight is 228 g/mol. The molecular formula is C9H16N4O3. The van der Waals surface area contributed by atoms with Gasteiger partial charge in [-0.1, -0.05) is 0 Å². The minimum atomic E-state index is -0.503. The smallest absolute Gasteiger partial charge is 0.333 e. The number of nitrogen functional groups attached to an aromatic ring is 1. The van der Waals surface area contributed by atoms with Crippen molar-refractivity contribution in [1.29, 1.82) is 0 Å². The summed E-state index contributed by atoms with van der Waals surface area (Å²) in [5.41, 5.74) is 5.93. The van der Waals surface area contributed by atoms with E-state index in [0.717, 1.165) is 0 Å². The molecule has 0 bridgehead atoms. The maximum atomic E-state index is 10.7. The second kappa shape index (κ2) is 4.93. The van der Waals surface area contributed by atoms with Gasteiger partial charge in [0, 0.05) is 13.7 Å². The minimum Gasteiger partial charge on any atom is -0.385 e. The van der Waals surface area contributed by atoms with Gasteiger partial charge in [-0.15, -0.1) is 0 Å². The van der Waals surface area contributed by atoms with Gasteiger partial charge in [0.2, 0.25) is 5.82 Å². The second-order valence-electron chi connectivity index (χ2n) is 3.65. The second-order valence-corrected chi connectivity index (χ2v) is 3.65. The quantitative estimate of drug-likeness (QED) is 0.604. The van der Waals surface area contributed by atoms with E-state index >= 15 is 0 Å². The van der Waals surface area contributed by atoms with E-state index in [1.54, 1.807) is 14.0 Å². The topological polar surface area (TPSA) is 96.2 Å². The summed E-state index contributed by atoms with van der Waals surface area (Å²) < 4.78 is 6.42. The molecule has 1 aromatic rings. The Morgan fingerprint density at radius 2 is 2.31 bits per heavy atom. The van der Waals surface area contributed by atoms with Gasteiger partial charge >= 0.3 is 5.69 Å². The molecule has 0 saturated carbocycles. The van der Waals surface area contributed by atoms with Crippen molar-refractivity contribution in [3.05, 3.63) is 15.8 Å². The van der Waals surface area contributed by atoms with Crippen molar-refractivity contribution in [2.45, 2.75) is 26.3 Å².